The van der Waals surface area contributed by atoms with E-state index in [4.69, 9.17) is 16.3 Å². The van der Waals surface area contributed by atoms with Gasteiger partial charge in [-0.15, -0.1) is 0 Å². The lowest BCUT2D eigenvalue weighted by Crippen LogP contribution is -2.36. The number of nitrogens with zero attached hydrogens (tertiary/aromatic N) is 1. The second kappa shape index (κ2) is 9.82. The highest BCUT2D eigenvalue weighted by Gasteiger charge is 2.11. The fourth-order valence-electron chi connectivity index (χ4n) is 2.25. The topological polar surface area (TPSA) is 54.9 Å². The van der Waals surface area contributed by atoms with Crippen molar-refractivity contribution in [3.63, 3.8) is 0 Å². The average Bonchev–Trinajstić information content (AvgIpc) is 2.63. The van der Waals surface area contributed by atoms with Crippen molar-refractivity contribution in [2.24, 2.45) is 4.99 Å². The van der Waals surface area contributed by atoms with Crippen LogP contribution in [-0.2, 0) is 13.1 Å². The number of guanidine groups is 1. The minimum Gasteiger partial charge on any atom is -0.493 e. The van der Waals surface area contributed by atoms with Crippen LogP contribution in [0.3, 0.4) is 0 Å². The zero-order chi connectivity index (χ0) is 18.9. The molecule has 0 fully saturated rings. The Labute approximate surface area is 156 Å². The van der Waals surface area contributed by atoms with Gasteiger partial charge in [0.2, 0.25) is 0 Å². The van der Waals surface area contributed by atoms with Crippen molar-refractivity contribution in [2.75, 3.05) is 14.2 Å². The number of hydrogen-bond acceptors (Lipinski definition) is 3. The molecule has 0 saturated carbocycles. The summed E-state index contributed by atoms with van der Waals surface area (Å²) in [6, 6.07) is 12.3. The molecule has 26 heavy (non-hydrogen) atoms. The number of benzene rings is 2. The van der Waals surface area contributed by atoms with Crippen molar-refractivity contribution in [2.45, 2.75) is 19.7 Å². The Morgan fingerprint density at radius 3 is 2.50 bits per heavy atom. The Morgan fingerprint density at radius 2 is 1.85 bits per heavy atom. The normalized spacial score (nSPS) is 11.4. The van der Waals surface area contributed by atoms with Crippen LogP contribution in [0.2, 0.25) is 5.02 Å². The molecule has 0 radical (unpaired) electrons. The molecule has 2 aromatic rings. The quantitative estimate of drug-likeness (QED) is 0.564. The summed E-state index contributed by atoms with van der Waals surface area (Å²) in [6.07, 6.45) is 0. The number of halogens is 3. The minimum absolute atomic E-state index is 0.0131. The van der Waals surface area contributed by atoms with Gasteiger partial charge in [0.05, 0.1) is 7.11 Å². The molecule has 2 N–H and O–H groups in total. The lowest BCUT2D eigenvalue weighted by Gasteiger charge is -2.14. The molecule has 140 valence electrons. The SMILES string of the molecule is CN=C(NCc1ccc(OC)c(OC(F)F)c1)NCc1ccccc1Cl. The summed E-state index contributed by atoms with van der Waals surface area (Å²) >= 11 is 6.12. The molecule has 0 aliphatic rings. The summed E-state index contributed by atoms with van der Waals surface area (Å²) in [6.45, 7) is -2.05. The molecule has 5 nitrogen and oxygen atoms in total. The molecule has 0 saturated heterocycles. The Kier molecular flexibility index (Phi) is 7.47. The Bertz CT molecular complexity index is 757. The van der Waals surface area contributed by atoms with E-state index >= 15 is 0 Å². The van der Waals surface area contributed by atoms with Gasteiger partial charge in [-0.25, -0.2) is 0 Å². The van der Waals surface area contributed by atoms with Gasteiger partial charge in [-0.05, 0) is 29.3 Å². The highest BCUT2D eigenvalue weighted by molar-refractivity contribution is 6.31. The zero-order valence-corrected chi connectivity index (χ0v) is 15.2. The smallest absolute Gasteiger partial charge is 0.387 e. The molecule has 2 aromatic carbocycles. The lowest BCUT2D eigenvalue weighted by molar-refractivity contribution is -0.0512. The van der Waals surface area contributed by atoms with Gasteiger partial charge in [0.25, 0.3) is 0 Å². The Balaban J connectivity index is 1.96. The average molecular weight is 384 g/mol. The molecule has 0 aromatic heterocycles. The largest absolute Gasteiger partial charge is 0.493 e. The van der Waals surface area contributed by atoms with Gasteiger partial charge in [-0.1, -0.05) is 35.9 Å². The first-order valence-corrected chi connectivity index (χ1v) is 8.21. The number of rotatable bonds is 7. The van der Waals surface area contributed by atoms with E-state index in [0.717, 1.165) is 11.1 Å². The summed E-state index contributed by atoms with van der Waals surface area (Å²) in [4.78, 5) is 4.13. The van der Waals surface area contributed by atoms with Crippen LogP contribution in [0, 0.1) is 0 Å². The third kappa shape index (κ3) is 5.77. The van der Waals surface area contributed by atoms with E-state index in [1.165, 1.54) is 13.2 Å². The van der Waals surface area contributed by atoms with Crippen LogP contribution in [0.4, 0.5) is 8.78 Å². The van der Waals surface area contributed by atoms with Crippen LogP contribution in [0.5, 0.6) is 11.5 Å². The third-order valence-electron chi connectivity index (χ3n) is 3.53. The highest BCUT2D eigenvalue weighted by atomic mass is 35.5. The van der Waals surface area contributed by atoms with E-state index in [0.29, 0.717) is 24.1 Å². The van der Waals surface area contributed by atoms with Gasteiger partial charge in [-0.3, -0.25) is 4.99 Å². The molecular weight excluding hydrogens is 364 g/mol. The van der Waals surface area contributed by atoms with E-state index in [9.17, 15) is 8.78 Å². The number of alkyl halides is 2. The number of methoxy groups -OCH3 is 1. The van der Waals surface area contributed by atoms with Crippen molar-refractivity contribution in [1.82, 2.24) is 10.6 Å². The Morgan fingerprint density at radius 1 is 1.12 bits per heavy atom. The maximum Gasteiger partial charge on any atom is 0.387 e. The van der Waals surface area contributed by atoms with Crippen LogP contribution in [0.25, 0.3) is 0 Å². The third-order valence-corrected chi connectivity index (χ3v) is 3.90. The number of aliphatic imine (C=N–C) groups is 1. The first kappa shape index (κ1) is 19.8. The molecule has 0 heterocycles. The molecule has 0 unspecified atom stereocenters. The minimum atomic E-state index is -2.92. The summed E-state index contributed by atoms with van der Waals surface area (Å²) in [5, 5.41) is 6.92. The number of ether oxygens (including phenoxy) is 2. The number of hydrogen-bond donors (Lipinski definition) is 2. The van der Waals surface area contributed by atoms with Gasteiger partial charge in [-0.2, -0.15) is 8.78 Å². The van der Waals surface area contributed by atoms with Crippen LogP contribution >= 0.6 is 11.6 Å². The van der Waals surface area contributed by atoms with E-state index in [-0.39, 0.29) is 11.5 Å². The van der Waals surface area contributed by atoms with Crippen LogP contribution in [0.1, 0.15) is 11.1 Å². The molecular formula is C18H20ClF2N3O2. The maximum absolute atomic E-state index is 12.5. The van der Waals surface area contributed by atoms with Gasteiger partial charge in [0.1, 0.15) is 0 Å². The molecule has 0 aliphatic carbocycles. The number of nitrogens with one attached hydrogen (secondary N) is 2. The second-order valence-corrected chi connectivity index (χ2v) is 5.64. The summed E-state index contributed by atoms with van der Waals surface area (Å²) in [7, 11) is 3.04. The van der Waals surface area contributed by atoms with Gasteiger partial charge < -0.3 is 20.1 Å². The maximum atomic E-state index is 12.5. The second-order valence-electron chi connectivity index (χ2n) is 5.23. The Hall–Kier alpha value is -2.54. The monoisotopic (exact) mass is 383 g/mol. The van der Waals surface area contributed by atoms with Crippen molar-refractivity contribution in [3.05, 3.63) is 58.6 Å². The lowest BCUT2D eigenvalue weighted by atomic mass is 10.2. The predicted octanol–water partition coefficient (Wildman–Crippen LogP) is 3.82. The van der Waals surface area contributed by atoms with Gasteiger partial charge in [0, 0.05) is 25.2 Å². The standard InChI is InChI=1S/C18H20ClF2N3O2/c1-22-18(24-11-13-5-3-4-6-14(13)19)23-10-12-7-8-15(25-2)16(9-12)26-17(20)21/h3-9,17H,10-11H2,1-2H3,(H2,22,23,24). The van der Waals surface area contributed by atoms with E-state index in [2.05, 4.69) is 20.4 Å². The fourth-order valence-corrected chi connectivity index (χ4v) is 2.45. The van der Waals surface area contributed by atoms with E-state index in [1.807, 2.05) is 24.3 Å². The predicted molar refractivity (Wildman–Crippen MR) is 98.1 cm³/mol. The first-order valence-electron chi connectivity index (χ1n) is 7.83. The fraction of sp³-hybridized carbons (Fsp3) is 0.278. The molecule has 0 bridgehead atoms. The van der Waals surface area contributed by atoms with Crippen molar-refractivity contribution in [3.8, 4) is 11.5 Å². The first-order chi connectivity index (χ1) is 12.5. The van der Waals surface area contributed by atoms with Gasteiger partial charge in [0.15, 0.2) is 17.5 Å². The van der Waals surface area contributed by atoms with Crippen molar-refractivity contribution < 1.29 is 18.3 Å². The molecule has 0 amide bonds. The van der Waals surface area contributed by atoms with Gasteiger partial charge >= 0.3 is 6.61 Å². The molecule has 0 spiro atoms. The molecule has 0 atom stereocenters. The highest BCUT2D eigenvalue weighted by Crippen LogP contribution is 2.29. The van der Waals surface area contributed by atoms with Crippen molar-refractivity contribution >= 4 is 17.6 Å². The van der Waals surface area contributed by atoms with Crippen molar-refractivity contribution in [1.29, 1.82) is 0 Å². The van der Waals surface area contributed by atoms with Crippen LogP contribution in [0.15, 0.2) is 47.5 Å². The molecule has 0 aliphatic heterocycles. The summed E-state index contributed by atoms with van der Waals surface area (Å²) in [5.41, 5.74) is 1.68. The zero-order valence-electron chi connectivity index (χ0n) is 14.4. The van der Waals surface area contributed by atoms with E-state index in [1.54, 1.807) is 19.2 Å². The van der Waals surface area contributed by atoms with Crippen LogP contribution in [-0.4, -0.2) is 26.7 Å². The molecule has 8 heteroatoms. The molecule has 2 rings (SSSR count). The van der Waals surface area contributed by atoms with E-state index < -0.39 is 6.61 Å². The summed E-state index contributed by atoms with van der Waals surface area (Å²) < 4.78 is 34.5. The summed E-state index contributed by atoms with van der Waals surface area (Å²) in [5.74, 6) is 0.785. The van der Waals surface area contributed by atoms with Crippen LogP contribution < -0.4 is 20.1 Å².